The second-order valence-corrected chi connectivity index (χ2v) is 3.87. The van der Waals surface area contributed by atoms with E-state index in [0.29, 0.717) is 0 Å². The van der Waals surface area contributed by atoms with Crippen LogP contribution in [-0.2, 0) is 0 Å². The minimum absolute atomic E-state index is 0.818. The smallest absolute Gasteiger partial charge is 0.121 e. The highest BCUT2D eigenvalue weighted by Crippen LogP contribution is 2.21. The molecule has 0 heterocycles. The minimum Gasteiger partial charge on any atom is -0.494 e. The summed E-state index contributed by atoms with van der Waals surface area (Å²) in [7, 11) is 0. The molecule has 0 saturated heterocycles. The van der Waals surface area contributed by atoms with E-state index in [1.54, 1.807) is 0 Å². The van der Waals surface area contributed by atoms with Crippen molar-refractivity contribution in [3.8, 4) is 5.75 Å². The Morgan fingerprint density at radius 3 is 2.50 bits per heavy atom. The van der Waals surface area contributed by atoms with Gasteiger partial charge in [-0.25, -0.2) is 0 Å². The van der Waals surface area contributed by atoms with E-state index in [4.69, 9.17) is 4.74 Å². The third kappa shape index (κ3) is 3.76. The molecule has 1 aromatic rings. The van der Waals surface area contributed by atoms with Crippen molar-refractivity contribution in [2.24, 2.45) is 0 Å². The van der Waals surface area contributed by atoms with Gasteiger partial charge in [-0.1, -0.05) is 19.4 Å². The number of anilines is 1. The Balaban J connectivity index is 2.62. The molecule has 0 aliphatic carbocycles. The van der Waals surface area contributed by atoms with E-state index in [-0.39, 0.29) is 0 Å². The molecule has 2 heteroatoms. The number of ether oxygens (including phenoxy) is 1. The Morgan fingerprint density at radius 2 is 1.88 bits per heavy atom. The van der Waals surface area contributed by atoms with Crippen LogP contribution in [0.15, 0.2) is 24.3 Å². The van der Waals surface area contributed by atoms with Gasteiger partial charge in [-0.3, -0.25) is 0 Å². The van der Waals surface area contributed by atoms with Crippen LogP contribution in [-0.4, -0.2) is 19.7 Å². The fraction of sp³-hybridized carbons (Fsp3) is 0.571. The van der Waals surface area contributed by atoms with Crippen LogP contribution >= 0.6 is 0 Å². The lowest BCUT2D eigenvalue weighted by atomic mass is 10.2. The summed E-state index contributed by atoms with van der Waals surface area (Å²) >= 11 is 0. The molecule has 0 spiro atoms. The average Bonchev–Trinajstić information content (AvgIpc) is 2.32. The van der Waals surface area contributed by atoms with Gasteiger partial charge in [0.2, 0.25) is 0 Å². The van der Waals surface area contributed by atoms with Gasteiger partial charge < -0.3 is 9.64 Å². The Bertz CT molecular complexity index is 295. The summed E-state index contributed by atoms with van der Waals surface area (Å²) < 4.78 is 5.70. The Labute approximate surface area is 99.2 Å². The van der Waals surface area contributed by atoms with Crippen LogP contribution in [0.2, 0.25) is 0 Å². The topological polar surface area (TPSA) is 12.5 Å². The van der Waals surface area contributed by atoms with Gasteiger partial charge >= 0.3 is 0 Å². The van der Waals surface area contributed by atoms with Crippen molar-refractivity contribution >= 4 is 5.69 Å². The molecule has 2 nitrogen and oxygen atoms in total. The molecule has 0 N–H and O–H groups in total. The van der Waals surface area contributed by atoms with Gasteiger partial charge in [0, 0.05) is 24.8 Å². The van der Waals surface area contributed by atoms with Crippen molar-refractivity contribution in [1.29, 1.82) is 0 Å². The molecule has 0 atom stereocenters. The summed E-state index contributed by atoms with van der Waals surface area (Å²) in [6.07, 6.45) is 2.30. The Hall–Kier alpha value is -1.18. The van der Waals surface area contributed by atoms with Gasteiger partial charge in [0.25, 0.3) is 0 Å². The zero-order valence-corrected chi connectivity index (χ0v) is 10.7. The Morgan fingerprint density at radius 1 is 1.12 bits per heavy atom. The standard InChI is InChI=1S/C14H23NO/c1-4-7-11-16-14-10-8-9-13(12-14)15(5-2)6-3/h8-10,12H,4-7,11H2,1-3H3. The number of unbranched alkanes of at least 4 members (excludes halogenated alkanes) is 1. The maximum atomic E-state index is 5.70. The fourth-order valence-corrected chi connectivity index (χ4v) is 1.69. The first kappa shape index (κ1) is 12.9. The van der Waals surface area contributed by atoms with Crippen LogP contribution < -0.4 is 9.64 Å². The molecule has 0 fully saturated rings. The molecule has 0 bridgehead atoms. The van der Waals surface area contributed by atoms with Gasteiger partial charge in [0.15, 0.2) is 0 Å². The SMILES string of the molecule is CCCCOc1cccc(N(CC)CC)c1. The van der Waals surface area contributed by atoms with Crippen LogP contribution in [0.25, 0.3) is 0 Å². The van der Waals surface area contributed by atoms with Crippen LogP contribution in [0.5, 0.6) is 5.75 Å². The highest BCUT2D eigenvalue weighted by atomic mass is 16.5. The van der Waals surface area contributed by atoms with Crippen molar-refractivity contribution in [2.75, 3.05) is 24.6 Å². The molecular formula is C14H23NO. The second-order valence-electron chi connectivity index (χ2n) is 3.87. The number of rotatable bonds is 7. The molecule has 0 aromatic heterocycles. The first-order valence-electron chi connectivity index (χ1n) is 6.29. The van der Waals surface area contributed by atoms with E-state index in [0.717, 1.165) is 31.9 Å². The first-order chi connectivity index (χ1) is 7.81. The van der Waals surface area contributed by atoms with E-state index >= 15 is 0 Å². The summed E-state index contributed by atoms with van der Waals surface area (Å²) in [6, 6.07) is 8.36. The zero-order valence-electron chi connectivity index (χ0n) is 10.7. The van der Waals surface area contributed by atoms with E-state index in [1.165, 1.54) is 12.1 Å². The lowest BCUT2D eigenvalue weighted by molar-refractivity contribution is 0.309. The minimum atomic E-state index is 0.818. The molecule has 0 radical (unpaired) electrons. The van der Waals surface area contributed by atoms with Crippen molar-refractivity contribution in [2.45, 2.75) is 33.6 Å². The summed E-state index contributed by atoms with van der Waals surface area (Å²) in [6.45, 7) is 9.42. The molecule has 16 heavy (non-hydrogen) atoms. The summed E-state index contributed by atoms with van der Waals surface area (Å²) in [4.78, 5) is 2.33. The first-order valence-corrected chi connectivity index (χ1v) is 6.29. The number of nitrogens with zero attached hydrogens (tertiary/aromatic N) is 1. The van der Waals surface area contributed by atoms with E-state index < -0.39 is 0 Å². The van der Waals surface area contributed by atoms with Crippen molar-refractivity contribution in [3.05, 3.63) is 24.3 Å². The maximum absolute atomic E-state index is 5.70. The molecule has 90 valence electrons. The molecule has 0 amide bonds. The third-order valence-corrected chi connectivity index (χ3v) is 2.71. The Kier molecular flexibility index (Phi) is 5.76. The third-order valence-electron chi connectivity index (χ3n) is 2.71. The van der Waals surface area contributed by atoms with Gasteiger partial charge in [-0.05, 0) is 32.4 Å². The highest BCUT2D eigenvalue weighted by molar-refractivity contribution is 5.50. The van der Waals surface area contributed by atoms with Crippen LogP contribution in [0.4, 0.5) is 5.69 Å². The molecule has 1 rings (SSSR count). The fourth-order valence-electron chi connectivity index (χ4n) is 1.69. The quantitative estimate of drug-likeness (QED) is 0.651. The highest BCUT2D eigenvalue weighted by Gasteiger charge is 2.02. The summed E-state index contributed by atoms with van der Waals surface area (Å²) in [5.74, 6) is 0.984. The predicted octanol–water partition coefficient (Wildman–Crippen LogP) is 3.71. The maximum Gasteiger partial charge on any atom is 0.121 e. The van der Waals surface area contributed by atoms with Crippen LogP contribution in [0.3, 0.4) is 0 Å². The monoisotopic (exact) mass is 221 g/mol. The van der Waals surface area contributed by atoms with Gasteiger partial charge in [0.05, 0.1) is 6.61 Å². The van der Waals surface area contributed by atoms with E-state index in [1.807, 2.05) is 6.07 Å². The van der Waals surface area contributed by atoms with E-state index in [9.17, 15) is 0 Å². The molecule has 0 unspecified atom stereocenters. The van der Waals surface area contributed by atoms with Crippen LogP contribution in [0, 0.1) is 0 Å². The molecular weight excluding hydrogens is 198 g/mol. The zero-order chi connectivity index (χ0) is 11.8. The van der Waals surface area contributed by atoms with Crippen molar-refractivity contribution in [1.82, 2.24) is 0 Å². The number of hydrogen-bond donors (Lipinski definition) is 0. The lowest BCUT2D eigenvalue weighted by Gasteiger charge is -2.21. The normalized spacial score (nSPS) is 10.2. The lowest BCUT2D eigenvalue weighted by Crippen LogP contribution is -2.21. The molecule has 0 aliphatic heterocycles. The number of benzene rings is 1. The van der Waals surface area contributed by atoms with Crippen molar-refractivity contribution < 1.29 is 4.74 Å². The second kappa shape index (κ2) is 7.15. The summed E-state index contributed by atoms with van der Waals surface area (Å²) in [5, 5.41) is 0. The predicted molar refractivity (Wildman–Crippen MR) is 70.4 cm³/mol. The average molecular weight is 221 g/mol. The molecule has 1 aromatic carbocycles. The van der Waals surface area contributed by atoms with Gasteiger partial charge in [-0.2, -0.15) is 0 Å². The van der Waals surface area contributed by atoms with Crippen LogP contribution in [0.1, 0.15) is 33.6 Å². The van der Waals surface area contributed by atoms with Gasteiger partial charge in [0.1, 0.15) is 5.75 Å². The molecule has 0 saturated carbocycles. The largest absolute Gasteiger partial charge is 0.494 e. The van der Waals surface area contributed by atoms with Gasteiger partial charge in [-0.15, -0.1) is 0 Å². The molecule has 0 aliphatic rings. The number of hydrogen-bond acceptors (Lipinski definition) is 2. The summed E-state index contributed by atoms with van der Waals surface area (Å²) in [5.41, 5.74) is 1.25. The van der Waals surface area contributed by atoms with E-state index in [2.05, 4.69) is 43.9 Å². The van der Waals surface area contributed by atoms with Crippen molar-refractivity contribution in [3.63, 3.8) is 0 Å².